The van der Waals surface area contributed by atoms with Gasteiger partial charge in [-0.1, -0.05) is 62.7 Å². The Morgan fingerprint density at radius 2 is 1.69 bits per heavy atom. The molecule has 9 nitrogen and oxygen atoms in total. The van der Waals surface area contributed by atoms with Crippen LogP contribution in [0.2, 0.25) is 5.02 Å². The van der Waals surface area contributed by atoms with E-state index in [4.69, 9.17) is 25.8 Å². The lowest BCUT2D eigenvalue weighted by Gasteiger charge is -2.35. The van der Waals surface area contributed by atoms with E-state index in [-0.39, 0.29) is 24.7 Å². The highest BCUT2D eigenvalue weighted by atomic mass is 35.5. The lowest BCUT2D eigenvalue weighted by Crippen LogP contribution is -2.45. The number of benzene rings is 4. The van der Waals surface area contributed by atoms with Gasteiger partial charge in [-0.15, -0.1) is 0 Å². The van der Waals surface area contributed by atoms with Gasteiger partial charge in [0.05, 0.1) is 34.9 Å². The molecule has 0 aromatic heterocycles. The molecule has 4 aromatic carbocycles. The van der Waals surface area contributed by atoms with Crippen molar-refractivity contribution in [2.75, 3.05) is 26.2 Å². The van der Waals surface area contributed by atoms with Crippen LogP contribution in [0.3, 0.4) is 0 Å². The highest BCUT2D eigenvalue weighted by Gasteiger charge is 2.34. The first-order valence-electron chi connectivity index (χ1n) is 20.7. The lowest BCUT2D eigenvalue weighted by molar-refractivity contribution is -0.122. The number of ether oxygens (including phenoxy) is 3. The van der Waals surface area contributed by atoms with Gasteiger partial charge in [-0.3, -0.25) is 9.69 Å². The number of piperidine rings is 1. The average molecular weight is 800 g/mol. The minimum Gasteiger partial charge on any atom is -0.493 e. The number of hydrogen-bond donors (Lipinski definition) is 2. The van der Waals surface area contributed by atoms with Crippen molar-refractivity contribution in [3.05, 3.63) is 111 Å². The van der Waals surface area contributed by atoms with Crippen molar-refractivity contribution >= 4 is 17.5 Å². The molecule has 302 valence electrons. The van der Waals surface area contributed by atoms with E-state index in [1.165, 1.54) is 36.1 Å². The number of hydrogen-bond acceptors (Lipinski definition) is 8. The number of nitrogens with zero attached hydrogens (tertiary/aromatic N) is 3. The van der Waals surface area contributed by atoms with Crippen LogP contribution in [-0.2, 0) is 24.4 Å². The Bertz CT molecular complexity index is 2180. The minimum atomic E-state index is -0.206. The second-order valence-corrected chi connectivity index (χ2v) is 17.4. The van der Waals surface area contributed by atoms with Crippen LogP contribution < -0.4 is 24.8 Å². The zero-order valence-electron chi connectivity index (χ0n) is 34.1. The molecule has 3 atom stereocenters. The van der Waals surface area contributed by atoms with E-state index in [0.717, 1.165) is 54.7 Å². The zero-order chi connectivity index (χ0) is 40.8. The number of carbonyl (C=O) groups excluding carboxylic acids is 1. The maximum Gasteiger partial charge on any atom is 0.220 e. The molecule has 7 rings (SSSR count). The Hall–Kier alpha value is -5.06. The van der Waals surface area contributed by atoms with E-state index in [1.54, 1.807) is 18.2 Å². The standard InChI is InChI=1S/C48H54ClN5O4/c1-31-37(9-6-12-42(31)56-20-8-19-54-18-7-13-46(54)48(2,3)4)38-10-5-11-40-39(38)15-16-43(40)58-45-25-44(57-30-34-22-32(26-50)21-33(23-34)27-51)35(24-41(45)49)28-52-36-14-17-47(55)53-29-36/h5-6,9-12,21-25,36,43,46,52H,7-8,13-20,28-30H2,1-4H3,(H,53,55)/t36-,43-,46?/m0/s1. The first-order valence-corrected chi connectivity index (χ1v) is 21.0. The SMILES string of the molecule is Cc1c(OCCCN2CCCC2C(C)(C)C)cccc1-c1cccc2c1CC[C@@H]2Oc1cc(OCc2cc(C#N)cc(C#N)c2)c(CN[C@H]2CCC(=O)NC2)cc1Cl. The van der Waals surface area contributed by atoms with Gasteiger partial charge >= 0.3 is 0 Å². The maximum absolute atomic E-state index is 11.7. The fourth-order valence-electron chi connectivity index (χ4n) is 8.90. The molecule has 4 aromatic rings. The van der Waals surface area contributed by atoms with Crippen molar-refractivity contribution in [3.63, 3.8) is 0 Å². The van der Waals surface area contributed by atoms with Gasteiger partial charge in [0, 0.05) is 49.8 Å². The largest absolute Gasteiger partial charge is 0.493 e. The summed E-state index contributed by atoms with van der Waals surface area (Å²) in [6.07, 6.45) is 6.23. The second-order valence-electron chi connectivity index (χ2n) is 17.0. The summed E-state index contributed by atoms with van der Waals surface area (Å²) in [5.74, 6) is 2.10. The quantitative estimate of drug-likeness (QED) is 0.121. The van der Waals surface area contributed by atoms with Gasteiger partial charge < -0.3 is 24.8 Å². The Morgan fingerprint density at radius 1 is 0.914 bits per heavy atom. The van der Waals surface area contributed by atoms with E-state index in [1.807, 2.05) is 12.1 Å². The van der Waals surface area contributed by atoms with Crippen LogP contribution in [0.25, 0.3) is 11.1 Å². The number of likely N-dealkylation sites (tertiary alicyclic amines) is 1. The molecule has 0 radical (unpaired) electrons. The number of rotatable bonds is 14. The van der Waals surface area contributed by atoms with Crippen LogP contribution in [0.4, 0.5) is 0 Å². The van der Waals surface area contributed by atoms with E-state index < -0.39 is 0 Å². The molecule has 58 heavy (non-hydrogen) atoms. The maximum atomic E-state index is 11.7. The summed E-state index contributed by atoms with van der Waals surface area (Å²) in [6, 6.07) is 26.6. The van der Waals surface area contributed by atoms with Crippen molar-refractivity contribution in [2.45, 2.75) is 104 Å². The third-order valence-corrected chi connectivity index (χ3v) is 12.2. The topological polar surface area (TPSA) is 120 Å². The van der Waals surface area contributed by atoms with E-state index in [9.17, 15) is 15.3 Å². The molecule has 1 unspecified atom stereocenters. The monoisotopic (exact) mass is 799 g/mol. The van der Waals surface area contributed by atoms with Crippen molar-refractivity contribution in [1.82, 2.24) is 15.5 Å². The van der Waals surface area contributed by atoms with E-state index in [2.05, 4.69) is 91.8 Å². The van der Waals surface area contributed by atoms with Crippen molar-refractivity contribution < 1.29 is 19.0 Å². The number of fused-ring (bicyclic) bond motifs is 1. The number of nitrogens with one attached hydrogen (secondary N) is 2. The van der Waals surface area contributed by atoms with Gasteiger partial charge in [-0.25, -0.2) is 0 Å². The summed E-state index contributed by atoms with van der Waals surface area (Å²) in [5, 5.41) is 26.0. The van der Waals surface area contributed by atoms with Gasteiger partial charge in [0.1, 0.15) is 30.0 Å². The number of carbonyl (C=O) groups is 1. The number of halogens is 1. The highest BCUT2D eigenvalue weighted by molar-refractivity contribution is 6.32. The van der Waals surface area contributed by atoms with Gasteiger partial charge in [-0.05, 0) is 121 Å². The van der Waals surface area contributed by atoms with Crippen LogP contribution in [0.15, 0.2) is 66.7 Å². The molecule has 2 heterocycles. The molecule has 1 aliphatic carbocycles. The Morgan fingerprint density at radius 3 is 2.43 bits per heavy atom. The number of amides is 1. The molecule has 3 aliphatic rings. The summed E-state index contributed by atoms with van der Waals surface area (Å²) in [6.45, 7) is 13.3. The summed E-state index contributed by atoms with van der Waals surface area (Å²) in [7, 11) is 0. The van der Waals surface area contributed by atoms with Crippen molar-refractivity contribution in [3.8, 4) is 40.5 Å². The third-order valence-electron chi connectivity index (χ3n) is 11.9. The molecular weight excluding hydrogens is 746 g/mol. The smallest absolute Gasteiger partial charge is 0.220 e. The van der Waals surface area contributed by atoms with E-state index >= 15 is 0 Å². The molecule has 2 saturated heterocycles. The molecule has 0 bridgehead atoms. The Balaban J connectivity index is 1.07. The predicted octanol–water partition coefficient (Wildman–Crippen LogP) is 9.35. The molecule has 0 saturated carbocycles. The number of nitriles is 2. The fourth-order valence-corrected chi connectivity index (χ4v) is 9.13. The second kappa shape index (κ2) is 18.2. The van der Waals surface area contributed by atoms with Crippen LogP contribution in [0.5, 0.6) is 17.2 Å². The molecule has 2 fully saturated rings. The first kappa shape index (κ1) is 41.1. The third kappa shape index (κ3) is 9.62. The molecule has 1 amide bonds. The average Bonchev–Trinajstić information content (AvgIpc) is 3.88. The first-order chi connectivity index (χ1) is 28.0. The van der Waals surface area contributed by atoms with Crippen LogP contribution in [-0.4, -0.2) is 49.1 Å². The molecule has 2 aliphatic heterocycles. The summed E-state index contributed by atoms with van der Waals surface area (Å²) in [5.41, 5.74) is 8.56. The predicted molar refractivity (Wildman–Crippen MR) is 227 cm³/mol. The zero-order valence-corrected chi connectivity index (χ0v) is 34.9. The highest BCUT2D eigenvalue weighted by Crippen LogP contribution is 2.44. The van der Waals surface area contributed by atoms with Gasteiger partial charge in [-0.2, -0.15) is 10.5 Å². The molecule has 0 spiro atoms. The van der Waals surface area contributed by atoms with Gasteiger partial charge in [0.25, 0.3) is 0 Å². The van der Waals surface area contributed by atoms with Gasteiger partial charge in [0.2, 0.25) is 5.91 Å². The molecule has 10 heteroatoms. The molecule has 2 N–H and O–H groups in total. The van der Waals surface area contributed by atoms with Crippen molar-refractivity contribution in [1.29, 1.82) is 10.5 Å². The lowest BCUT2D eigenvalue weighted by atomic mass is 9.85. The normalized spacial score (nSPS) is 19.2. The van der Waals surface area contributed by atoms with Crippen LogP contribution >= 0.6 is 11.6 Å². The van der Waals surface area contributed by atoms with Gasteiger partial charge in [0.15, 0.2) is 0 Å². The van der Waals surface area contributed by atoms with Crippen molar-refractivity contribution in [2.24, 2.45) is 5.41 Å². The summed E-state index contributed by atoms with van der Waals surface area (Å²) in [4.78, 5) is 14.4. The van der Waals surface area contributed by atoms with Crippen LogP contribution in [0, 0.1) is 35.0 Å². The van der Waals surface area contributed by atoms with Crippen LogP contribution in [0.1, 0.15) is 104 Å². The summed E-state index contributed by atoms with van der Waals surface area (Å²) < 4.78 is 19.6. The Kier molecular flexibility index (Phi) is 12.9. The fraction of sp³-hybridized carbons (Fsp3) is 0.438. The minimum absolute atomic E-state index is 0.0641. The molecular formula is C48H54ClN5O4. The Labute approximate surface area is 348 Å². The van der Waals surface area contributed by atoms with E-state index in [0.29, 0.717) is 70.8 Å². The summed E-state index contributed by atoms with van der Waals surface area (Å²) >= 11 is 6.97.